The van der Waals surface area contributed by atoms with Gasteiger partial charge in [0.25, 0.3) is 0 Å². The number of ether oxygens (including phenoxy) is 2. The molecular weight excluding hydrogens is 318 g/mol. The first kappa shape index (κ1) is 13.7. The molecule has 0 amide bonds. The fourth-order valence-corrected chi connectivity index (χ4v) is 4.33. The van der Waals surface area contributed by atoms with Crippen LogP contribution in [-0.4, -0.2) is 19.1 Å². The zero-order valence-corrected chi connectivity index (χ0v) is 13.5. The zero-order chi connectivity index (χ0) is 15.1. The van der Waals surface area contributed by atoms with E-state index in [-0.39, 0.29) is 12.6 Å². The minimum atomic E-state index is 0.0452. The monoisotopic (exact) mass is 331 g/mol. The van der Waals surface area contributed by atoms with Crippen LogP contribution in [0.4, 0.5) is 5.69 Å². The van der Waals surface area contributed by atoms with Crippen LogP contribution < -0.4 is 14.4 Å². The van der Waals surface area contributed by atoms with E-state index in [1.165, 1.54) is 11.3 Å². The standard InChI is InChI=1S/C16H13NO3S2/c1-2-17-10-6-12-13(20-9-19-12)8-15(10)22-16(17)7-11(18)14-4-3-5-21-14/h3-8H,2,9H2,1H3. The minimum absolute atomic E-state index is 0.0452. The molecule has 2 aromatic rings. The van der Waals surface area contributed by atoms with Crippen molar-refractivity contribution in [3.8, 4) is 11.5 Å². The Kier molecular flexibility index (Phi) is 3.35. The Bertz CT molecular complexity index is 768. The summed E-state index contributed by atoms with van der Waals surface area (Å²) < 4.78 is 10.9. The number of allylic oxidation sites excluding steroid dienone is 1. The summed E-state index contributed by atoms with van der Waals surface area (Å²) in [5.41, 5.74) is 1.07. The van der Waals surface area contributed by atoms with Gasteiger partial charge in [0, 0.05) is 29.6 Å². The lowest BCUT2D eigenvalue weighted by Crippen LogP contribution is -2.17. The molecule has 22 heavy (non-hydrogen) atoms. The first-order chi connectivity index (χ1) is 10.8. The molecule has 0 radical (unpaired) electrons. The molecular formula is C16H13NO3S2. The second-order valence-corrected chi connectivity index (χ2v) is 6.85. The number of anilines is 1. The quantitative estimate of drug-likeness (QED) is 0.624. The lowest BCUT2D eigenvalue weighted by atomic mass is 10.2. The number of hydrogen-bond donors (Lipinski definition) is 0. The van der Waals surface area contributed by atoms with Crippen LogP contribution in [0.15, 0.2) is 45.6 Å². The molecule has 4 rings (SSSR count). The van der Waals surface area contributed by atoms with Gasteiger partial charge in [-0.3, -0.25) is 4.79 Å². The van der Waals surface area contributed by atoms with Crippen LogP contribution in [0.25, 0.3) is 0 Å². The third kappa shape index (κ3) is 2.19. The molecule has 6 heteroatoms. The molecule has 2 aliphatic heterocycles. The van der Waals surface area contributed by atoms with Gasteiger partial charge in [-0.25, -0.2) is 0 Å². The average molecular weight is 331 g/mol. The molecule has 0 aliphatic carbocycles. The predicted octanol–water partition coefficient (Wildman–Crippen LogP) is 4.13. The first-order valence-electron chi connectivity index (χ1n) is 6.95. The van der Waals surface area contributed by atoms with Crippen molar-refractivity contribution in [2.24, 2.45) is 0 Å². The van der Waals surface area contributed by atoms with Crippen LogP contribution in [0.3, 0.4) is 0 Å². The van der Waals surface area contributed by atoms with E-state index in [1.807, 2.05) is 29.6 Å². The smallest absolute Gasteiger partial charge is 0.231 e. The van der Waals surface area contributed by atoms with Crippen LogP contribution in [0.2, 0.25) is 0 Å². The van der Waals surface area contributed by atoms with E-state index >= 15 is 0 Å². The third-order valence-electron chi connectivity index (χ3n) is 3.56. The summed E-state index contributed by atoms with van der Waals surface area (Å²) >= 11 is 3.06. The Morgan fingerprint density at radius 3 is 2.91 bits per heavy atom. The number of fused-ring (bicyclic) bond motifs is 2. The maximum Gasteiger partial charge on any atom is 0.231 e. The van der Waals surface area contributed by atoms with Crippen molar-refractivity contribution in [2.45, 2.75) is 11.8 Å². The van der Waals surface area contributed by atoms with Gasteiger partial charge < -0.3 is 14.4 Å². The van der Waals surface area contributed by atoms with Gasteiger partial charge in [0.2, 0.25) is 6.79 Å². The van der Waals surface area contributed by atoms with Gasteiger partial charge in [0.05, 0.1) is 15.6 Å². The Hall–Kier alpha value is -1.92. The number of benzene rings is 1. The van der Waals surface area contributed by atoms with Gasteiger partial charge in [0.15, 0.2) is 17.3 Å². The summed E-state index contributed by atoms with van der Waals surface area (Å²) in [4.78, 5) is 16.3. The number of ketones is 1. The fraction of sp³-hybridized carbons (Fsp3) is 0.188. The van der Waals surface area contributed by atoms with Gasteiger partial charge in [0.1, 0.15) is 0 Å². The molecule has 0 saturated heterocycles. The van der Waals surface area contributed by atoms with Crippen LogP contribution in [0.5, 0.6) is 11.5 Å². The number of thioether (sulfide) groups is 1. The van der Waals surface area contributed by atoms with Crippen molar-refractivity contribution in [3.63, 3.8) is 0 Å². The van der Waals surface area contributed by atoms with Crippen molar-refractivity contribution in [2.75, 3.05) is 18.2 Å². The highest BCUT2D eigenvalue weighted by Crippen LogP contribution is 2.51. The minimum Gasteiger partial charge on any atom is -0.454 e. The molecule has 3 heterocycles. The molecule has 0 spiro atoms. The highest BCUT2D eigenvalue weighted by Gasteiger charge is 2.29. The Morgan fingerprint density at radius 1 is 1.36 bits per heavy atom. The molecule has 1 aromatic carbocycles. The van der Waals surface area contributed by atoms with Crippen molar-refractivity contribution < 1.29 is 14.3 Å². The SMILES string of the molecule is CCN1C(=CC(=O)c2cccs2)Sc2cc3c(cc21)OCO3. The second kappa shape index (κ2) is 5.37. The number of nitrogens with zero attached hydrogens (tertiary/aromatic N) is 1. The van der Waals surface area contributed by atoms with Gasteiger partial charge in [-0.1, -0.05) is 17.8 Å². The summed E-state index contributed by atoms with van der Waals surface area (Å²) in [7, 11) is 0. The summed E-state index contributed by atoms with van der Waals surface area (Å²) in [5, 5.41) is 2.86. The third-order valence-corrected chi connectivity index (χ3v) is 5.54. The number of carbonyl (C=O) groups is 1. The molecule has 0 atom stereocenters. The normalized spacial score (nSPS) is 17.1. The van der Waals surface area contributed by atoms with Crippen LogP contribution in [0.1, 0.15) is 16.6 Å². The van der Waals surface area contributed by atoms with Crippen molar-refractivity contribution in [3.05, 3.63) is 45.6 Å². The van der Waals surface area contributed by atoms with Gasteiger partial charge >= 0.3 is 0 Å². The molecule has 112 valence electrons. The van der Waals surface area contributed by atoms with E-state index in [2.05, 4.69) is 11.8 Å². The van der Waals surface area contributed by atoms with Crippen LogP contribution in [-0.2, 0) is 0 Å². The number of thiophene rings is 1. The molecule has 0 bridgehead atoms. The van der Waals surface area contributed by atoms with E-state index in [4.69, 9.17) is 9.47 Å². The van der Waals surface area contributed by atoms with E-state index in [0.717, 1.165) is 38.5 Å². The topological polar surface area (TPSA) is 38.8 Å². The Morgan fingerprint density at radius 2 is 2.18 bits per heavy atom. The number of carbonyl (C=O) groups excluding carboxylic acids is 1. The molecule has 0 unspecified atom stereocenters. The maximum absolute atomic E-state index is 12.3. The number of rotatable bonds is 3. The van der Waals surface area contributed by atoms with Crippen LogP contribution >= 0.6 is 23.1 Å². The highest BCUT2D eigenvalue weighted by atomic mass is 32.2. The van der Waals surface area contributed by atoms with E-state index in [9.17, 15) is 4.79 Å². The van der Waals surface area contributed by atoms with Crippen molar-refractivity contribution in [1.82, 2.24) is 0 Å². The second-order valence-electron chi connectivity index (χ2n) is 4.84. The summed E-state index contributed by atoms with van der Waals surface area (Å²) in [6.45, 7) is 3.14. The summed E-state index contributed by atoms with van der Waals surface area (Å²) in [6.07, 6.45) is 1.72. The largest absolute Gasteiger partial charge is 0.454 e. The molecule has 2 aliphatic rings. The van der Waals surface area contributed by atoms with Gasteiger partial charge in [-0.2, -0.15) is 0 Å². The van der Waals surface area contributed by atoms with Gasteiger partial charge in [-0.05, 0) is 18.4 Å². The lowest BCUT2D eigenvalue weighted by Gasteiger charge is -2.17. The number of hydrogen-bond acceptors (Lipinski definition) is 6. The van der Waals surface area contributed by atoms with E-state index < -0.39 is 0 Å². The average Bonchev–Trinajstić information content (AvgIpc) is 3.23. The molecule has 0 N–H and O–H groups in total. The maximum atomic E-state index is 12.3. The fourth-order valence-electron chi connectivity index (χ4n) is 2.53. The summed E-state index contributed by atoms with van der Waals surface area (Å²) in [6, 6.07) is 7.72. The van der Waals surface area contributed by atoms with Gasteiger partial charge in [-0.15, -0.1) is 11.3 Å². The summed E-state index contributed by atoms with van der Waals surface area (Å²) in [5.74, 6) is 1.58. The Labute approximate surface area is 136 Å². The lowest BCUT2D eigenvalue weighted by molar-refractivity contribution is 0.105. The molecule has 0 fully saturated rings. The molecule has 0 saturated carbocycles. The molecule has 4 nitrogen and oxygen atoms in total. The van der Waals surface area contributed by atoms with Crippen molar-refractivity contribution >= 4 is 34.6 Å². The molecule has 1 aromatic heterocycles. The van der Waals surface area contributed by atoms with E-state index in [0.29, 0.717) is 0 Å². The predicted molar refractivity (Wildman–Crippen MR) is 88.2 cm³/mol. The zero-order valence-electron chi connectivity index (χ0n) is 11.9. The van der Waals surface area contributed by atoms with Crippen molar-refractivity contribution in [1.29, 1.82) is 0 Å². The van der Waals surface area contributed by atoms with E-state index in [1.54, 1.807) is 17.8 Å². The first-order valence-corrected chi connectivity index (χ1v) is 8.64. The highest BCUT2D eigenvalue weighted by molar-refractivity contribution is 8.03. The van der Waals surface area contributed by atoms with Crippen LogP contribution in [0, 0.1) is 0 Å². The Balaban J connectivity index is 1.70.